The summed E-state index contributed by atoms with van der Waals surface area (Å²) in [5.41, 5.74) is 0.933. The van der Waals surface area contributed by atoms with Gasteiger partial charge in [0.2, 0.25) is 5.75 Å². The molecule has 2 rings (SSSR count). The Kier molecular flexibility index (Phi) is 6.24. The molecule has 23 heavy (non-hydrogen) atoms. The van der Waals surface area contributed by atoms with E-state index in [0.29, 0.717) is 17.2 Å². The molecule has 6 nitrogen and oxygen atoms in total. The maximum Gasteiger partial charge on any atom is 0.308 e. The maximum absolute atomic E-state index is 11.5. The van der Waals surface area contributed by atoms with E-state index in [1.807, 2.05) is 12.1 Å². The number of hydrogen-bond acceptors (Lipinski definition) is 6. The number of esters is 1. The van der Waals surface area contributed by atoms with E-state index < -0.39 is 0 Å². The number of methoxy groups -OCH3 is 2. The highest BCUT2D eigenvalue weighted by molar-refractivity contribution is 5.72. The molecule has 1 fully saturated rings. The fourth-order valence-corrected chi connectivity index (χ4v) is 2.82. The van der Waals surface area contributed by atoms with Crippen LogP contribution in [0.3, 0.4) is 0 Å². The Balaban J connectivity index is 2.21. The van der Waals surface area contributed by atoms with E-state index >= 15 is 0 Å². The van der Waals surface area contributed by atoms with Crippen molar-refractivity contribution in [2.75, 3.05) is 46.9 Å². The van der Waals surface area contributed by atoms with E-state index in [1.165, 1.54) is 6.92 Å². The molecule has 0 aromatic heterocycles. The van der Waals surface area contributed by atoms with Gasteiger partial charge in [-0.25, -0.2) is 0 Å². The summed E-state index contributed by atoms with van der Waals surface area (Å²) in [6.45, 7) is 9.51. The number of nitrogens with zero attached hydrogens (tertiary/aromatic N) is 2. The van der Waals surface area contributed by atoms with Crippen molar-refractivity contribution in [1.29, 1.82) is 0 Å². The topological polar surface area (TPSA) is 51.2 Å². The monoisotopic (exact) mass is 322 g/mol. The number of rotatable bonds is 6. The molecule has 1 aliphatic heterocycles. The average molecular weight is 322 g/mol. The number of ether oxygens (including phenoxy) is 3. The van der Waals surface area contributed by atoms with Crippen molar-refractivity contribution < 1.29 is 19.0 Å². The highest BCUT2D eigenvalue weighted by atomic mass is 16.6. The lowest BCUT2D eigenvalue weighted by molar-refractivity contribution is -0.132. The number of carbonyl (C=O) groups is 1. The second-order valence-corrected chi connectivity index (χ2v) is 5.59. The van der Waals surface area contributed by atoms with Gasteiger partial charge < -0.3 is 19.1 Å². The Hall–Kier alpha value is -1.79. The standard InChI is InChI=1S/C17H26N2O4/c1-5-18-8-10-19(11-9-18)12-14-6-7-15(21-3)17(22-4)16(14)23-13(2)20/h6-7H,5,8-12H2,1-4H3. The van der Waals surface area contributed by atoms with E-state index in [2.05, 4.69) is 16.7 Å². The number of benzene rings is 1. The van der Waals surface area contributed by atoms with Gasteiger partial charge in [-0.3, -0.25) is 9.69 Å². The molecule has 1 aliphatic rings. The summed E-state index contributed by atoms with van der Waals surface area (Å²) in [6.07, 6.45) is 0. The first-order valence-electron chi connectivity index (χ1n) is 7.96. The number of hydrogen-bond donors (Lipinski definition) is 0. The third-order valence-electron chi connectivity index (χ3n) is 4.13. The van der Waals surface area contributed by atoms with Crippen molar-refractivity contribution in [2.24, 2.45) is 0 Å². The van der Waals surface area contributed by atoms with E-state index in [-0.39, 0.29) is 5.97 Å². The van der Waals surface area contributed by atoms with Crippen molar-refractivity contribution in [3.05, 3.63) is 17.7 Å². The predicted molar refractivity (Wildman–Crippen MR) is 88.2 cm³/mol. The molecule has 0 aliphatic carbocycles. The van der Waals surface area contributed by atoms with E-state index in [0.717, 1.165) is 44.8 Å². The Bertz CT molecular complexity index is 540. The normalized spacial score (nSPS) is 16.2. The SMILES string of the molecule is CCN1CCN(Cc2ccc(OC)c(OC)c2OC(C)=O)CC1. The van der Waals surface area contributed by atoms with Crippen molar-refractivity contribution in [3.63, 3.8) is 0 Å². The molecule has 0 radical (unpaired) electrons. The zero-order valence-electron chi connectivity index (χ0n) is 14.4. The van der Waals surface area contributed by atoms with Crippen LogP contribution in [0.15, 0.2) is 12.1 Å². The van der Waals surface area contributed by atoms with Crippen molar-refractivity contribution in [2.45, 2.75) is 20.4 Å². The molecule has 1 aromatic carbocycles. The molecule has 1 aromatic rings. The van der Waals surface area contributed by atoms with Gasteiger partial charge in [-0.05, 0) is 12.6 Å². The van der Waals surface area contributed by atoms with Gasteiger partial charge in [0.05, 0.1) is 14.2 Å². The molecule has 1 saturated heterocycles. The van der Waals surface area contributed by atoms with Gasteiger partial charge in [-0.15, -0.1) is 0 Å². The first kappa shape index (κ1) is 17.6. The van der Waals surface area contributed by atoms with Crippen LogP contribution >= 0.6 is 0 Å². The van der Waals surface area contributed by atoms with Crippen LogP contribution in [0.25, 0.3) is 0 Å². The lowest BCUT2D eigenvalue weighted by Gasteiger charge is -2.34. The summed E-state index contributed by atoms with van der Waals surface area (Å²) in [5, 5.41) is 0. The van der Waals surface area contributed by atoms with Crippen LogP contribution in [-0.2, 0) is 11.3 Å². The fraction of sp³-hybridized carbons (Fsp3) is 0.588. The first-order chi connectivity index (χ1) is 11.1. The molecule has 128 valence electrons. The summed E-state index contributed by atoms with van der Waals surface area (Å²) >= 11 is 0. The Labute approximate surface area is 137 Å². The molecular formula is C17H26N2O4. The van der Waals surface area contributed by atoms with Gasteiger partial charge in [-0.2, -0.15) is 0 Å². The molecule has 0 spiro atoms. The van der Waals surface area contributed by atoms with Gasteiger partial charge >= 0.3 is 5.97 Å². The van der Waals surface area contributed by atoms with Crippen molar-refractivity contribution in [1.82, 2.24) is 9.80 Å². The predicted octanol–water partition coefficient (Wildman–Crippen LogP) is 1.77. The van der Waals surface area contributed by atoms with Gasteiger partial charge in [-0.1, -0.05) is 13.0 Å². The largest absolute Gasteiger partial charge is 0.493 e. The number of likely N-dealkylation sites (N-methyl/N-ethyl adjacent to an activating group) is 1. The van der Waals surface area contributed by atoms with Crippen LogP contribution in [-0.4, -0.2) is 62.7 Å². The summed E-state index contributed by atoms with van der Waals surface area (Å²) in [6, 6.07) is 3.79. The van der Waals surface area contributed by atoms with Gasteiger partial charge in [0.25, 0.3) is 0 Å². The maximum atomic E-state index is 11.5. The summed E-state index contributed by atoms with van der Waals surface area (Å²) in [5.74, 6) is 1.11. The Morgan fingerprint density at radius 3 is 2.22 bits per heavy atom. The van der Waals surface area contributed by atoms with E-state index in [4.69, 9.17) is 14.2 Å². The molecular weight excluding hydrogens is 296 g/mol. The highest BCUT2D eigenvalue weighted by Crippen LogP contribution is 2.40. The lowest BCUT2D eigenvalue weighted by atomic mass is 10.1. The molecule has 6 heteroatoms. The fourth-order valence-electron chi connectivity index (χ4n) is 2.82. The van der Waals surface area contributed by atoms with Crippen LogP contribution in [0.4, 0.5) is 0 Å². The highest BCUT2D eigenvalue weighted by Gasteiger charge is 2.22. The number of piperazine rings is 1. The molecule has 0 atom stereocenters. The zero-order chi connectivity index (χ0) is 16.8. The molecule has 0 amide bonds. The molecule has 1 heterocycles. The summed E-state index contributed by atoms with van der Waals surface area (Å²) in [4.78, 5) is 16.3. The third kappa shape index (κ3) is 4.36. The molecule has 0 saturated carbocycles. The summed E-state index contributed by atoms with van der Waals surface area (Å²) < 4.78 is 16.1. The second-order valence-electron chi connectivity index (χ2n) is 5.59. The molecule has 0 bridgehead atoms. The van der Waals surface area contributed by atoms with Gasteiger partial charge in [0.1, 0.15) is 0 Å². The van der Waals surface area contributed by atoms with Crippen molar-refractivity contribution >= 4 is 5.97 Å². The van der Waals surface area contributed by atoms with Crippen LogP contribution in [0.1, 0.15) is 19.4 Å². The van der Waals surface area contributed by atoms with Gasteiger partial charge in [0, 0.05) is 45.2 Å². The van der Waals surface area contributed by atoms with Gasteiger partial charge in [0.15, 0.2) is 11.5 Å². The quantitative estimate of drug-likeness (QED) is 0.588. The van der Waals surface area contributed by atoms with E-state index in [1.54, 1.807) is 14.2 Å². The summed E-state index contributed by atoms with van der Waals surface area (Å²) in [7, 11) is 3.12. The minimum atomic E-state index is -0.367. The smallest absolute Gasteiger partial charge is 0.308 e. The molecule has 0 unspecified atom stereocenters. The second kappa shape index (κ2) is 8.17. The zero-order valence-corrected chi connectivity index (χ0v) is 14.4. The Morgan fingerprint density at radius 2 is 1.70 bits per heavy atom. The minimum absolute atomic E-state index is 0.367. The molecule has 0 N–H and O–H groups in total. The lowest BCUT2D eigenvalue weighted by Crippen LogP contribution is -2.45. The Morgan fingerprint density at radius 1 is 1.04 bits per heavy atom. The van der Waals surface area contributed by atoms with Crippen LogP contribution in [0, 0.1) is 0 Å². The van der Waals surface area contributed by atoms with E-state index in [9.17, 15) is 4.79 Å². The third-order valence-corrected chi connectivity index (χ3v) is 4.13. The minimum Gasteiger partial charge on any atom is -0.493 e. The van der Waals surface area contributed by atoms with Crippen molar-refractivity contribution in [3.8, 4) is 17.2 Å². The first-order valence-corrected chi connectivity index (χ1v) is 7.96. The number of carbonyl (C=O) groups excluding carboxylic acids is 1. The van der Waals surface area contributed by atoms with Crippen LogP contribution < -0.4 is 14.2 Å². The van der Waals surface area contributed by atoms with Crippen LogP contribution in [0.5, 0.6) is 17.2 Å². The van der Waals surface area contributed by atoms with Crippen LogP contribution in [0.2, 0.25) is 0 Å². The average Bonchev–Trinajstić information content (AvgIpc) is 2.56.